The SMILES string of the molecule is COCCOc1ccc2c(c1)ncn2-c1ccc2cc(N3CCC(CN4CCC(O)C4)CC3)ccc2n1. The number of rotatable bonds is 8. The molecule has 0 aliphatic carbocycles. The van der Waals surface area contributed by atoms with Gasteiger partial charge in [0.15, 0.2) is 0 Å². The van der Waals surface area contributed by atoms with Crippen LogP contribution in [0.2, 0.25) is 0 Å². The summed E-state index contributed by atoms with van der Waals surface area (Å²) in [5, 5.41) is 10.9. The van der Waals surface area contributed by atoms with E-state index in [0.29, 0.717) is 13.2 Å². The van der Waals surface area contributed by atoms with Crippen LogP contribution in [0.3, 0.4) is 0 Å². The fraction of sp³-hybridized carbons (Fsp3) is 0.448. The number of fused-ring (bicyclic) bond motifs is 2. The van der Waals surface area contributed by atoms with Gasteiger partial charge in [0.05, 0.1) is 29.3 Å². The number of pyridine rings is 1. The lowest BCUT2D eigenvalue weighted by Crippen LogP contribution is -2.38. The van der Waals surface area contributed by atoms with E-state index in [-0.39, 0.29) is 6.10 Å². The first-order chi connectivity index (χ1) is 18.2. The minimum atomic E-state index is -0.127. The Morgan fingerprint density at radius 2 is 1.84 bits per heavy atom. The summed E-state index contributed by atoms with van der Waals surface area (Å²) in [4.78, 5) is 14.4. The number of aliphatic hydroxyl groups excluding tert-OH is 1. The third kappa shape index (κ3) is 5.28. The maximum Gasteiger partial charge on any atom is 0.139 e. The molecule has 0 bridgehead atoms. The highest BCUT2D eigenvalue weighted by atomic mass is 16.5. The lowest BCUT2D eigenvalue weighted by Gasteiger charge is -2.35. The molecule has 4 heterocycles. The topological polar surface area (TPSA) is 75.9 Å². The maximum absolute atomic E-state index is 9.80. The number of methoxy groups -OCH3 is 1. The molecule has 2 fully saturated rings. The Kier molecular flexibility index (Phi) is 6.95. The minimum absolute atomic E-state index is 0.127. The van der Waals surface area contributed by atoms with E-state index < -0.39 is 0 Å². The van der Waals surface area contributed by atoms with Gasteiger partial charge in [0.1, 0.15) is 24.5 Å². The van der Waals surface area contributed by atoms with Gasteiger partial charge >= 0.3 is 0 Å². The van der Waals surface area contributed by atoms with Crippen molar-refractivity contribution in [3.05, 3.63) is 54.9 Å². The molecule has 0 amide bonds. The molecule has 37 heavy (non-hydrogen) atoms. The number of piperidine rings is 1. The third-order valence-electron chi connectivity index (χ3n) is 7.72. The summed E-state index contributed by atoms with van der Waals surface area (Å²) < 4.78 is 12.8. The Hall–Kier alpha value is -3.20. The van der Waals surface area contributed by atoms with Crippen molar-refractivity contribution in [3.63, 3.8) is 0 Å². The van der Waals surface area contributed by atoms with Gasteiger partial charge in [-0.05, 0) is 67.6 Å². The number of hydrogen-bond donors (Lipinski definition) is 1. The first kappa shape index (κ1) is 24.2. The van der Waals surface area contributed by atoms with E-state index in [1.54, 1.807) is 7.11 Å². The number of anilines is 1. The van der Waals surface area contributed by atoms with E-state index in [2.05, 4.69) is 45.1 Å². The average molecular weight is 502 g/mol. The number of benzene rings is 2. The van der Waals surface area contributed by atoms with Crippen molar-refractivity contribution in [2.75, 3.05) is 57.9 Å². The maximum atomic E-state index is 9.80. The van der Waals surface area contributed by atoms with Crippen molar-refractivity contribution in [2.45, 2.75) is 25.4 Å². The molecule has 0 saturated carbocycles. The first-order valence-corrected chi connectivity index (χ1v) is 13.3. The summed E-state index contributed by atoms with van der Waals surface area (Å²) in [6.07, 6.45) is 5.02. The highest BCUT2D eigenvalue weighted by molar-refractivity contribution is 5.84. The molecule has 194 valence electrons. The predicted octanol–water partition coefficient (Wildman–Crippen LogP) is 3.88. The number of imidazole rings is 1. The normalized spacial score (nSPS) is 19.3. The fourth-order valence-corrected chi connectivity index (χ4v) is 5.66. The molecule has 2 aliphatic rings. The van der Waals surface area contributed by atoms with Crippen molar-refractivity contribution < 1.29 is 14.6 Å². The summed E-state index contributed by atoms with van der Waals surface area (Å²) in [6.45, 7) is 6.24. The van der Waals surface area contributed by atoms with Gasteiger partial charge in [-0.2, -0.15) is 0 Å². The molecule has 0 spiro atoms. The molecule has 1 atom stereocenters. The number of likely N-dealkylation sites (tertiary alicyclic amines) is 1. The largest absolute Gasteiger partial charge is 0.491 e. The zero-order valence-corrected chi connectivity index (χ0v) is 21.4. The Morgan fingerprint density at radius 1 is 0.946 bits per heavy atom. The molecule has 1 unspecified atom stereocenters. The van der Waals surface area contributed by atoms with Crippen LogP contribution in [0.5, 0.6) is 5.75 Å². The van der Waals surface area contributed by atoms with Crippen LogP contribution in [0, 0.1) is 5.92 Å². The molecule has 8 heteroatoms. The van der Waals surface area contributed by atoms with E-state index in [1.165, 1.54) is 18.5 Å². The van der Waals surface area contributed by atoms with Crippen LogP contribution in [-0.4, -0.2) is 83.7 Å². The number of aliphatic hydroxyl groups is 1. The molecule has 1 N–H and O–H groups in total. The molecular weight excluding hydrogens is 466 g/mol. The number of ether oxygens (including phenoxy) is 2. The molecule has 8 nitrogen and oxygen atoms in total. The summed E-state index contributed by atoms with van der Waals surface area (Å²) in [5.41, 5.74) is 4.11. The van der Waals surface area contributed by atoms with E-state index in [4.69, 9.17) is 14.5 Å². The zero-order valence-electron chi connectivity index (χ0n) is 21.4. The summed E-state index contributed by atoms with van der Waals surface area (Å²) in [7, 11) is 1.67. The van der Waals surface area contributed by atoms with Crippen LogP contribution >= 0.6 is 0 Å². The minimum Gasteiger partial charge on any atom is -0.491 e. The first-order valence-electron chi connectivity index (χ1n) is 13.3. The van der Waals surface area contributed by atoms with Gasteiger partial charge in [-0.1, -0.05) is 0 Å². The second kappa shape index (κ2) is 10.7. The molecule has 6 rings (SSSR count). The summed E-state index contributed by atoms with van der Waals surface area (Å²) in [5.74, 6) is 2.36. The lowest BCUT2D eigenvalue weighted by molar-refractivity contribution is 0.146. The highest BCUT2D eigenvalue weighted by Gasteiger charge is 2.26. The molecular formula is C29H35N5O3. The van der Waals surface area contributed by atoms with Crippen LogP contribution < -0.4 is 9.64 Å². The van der Waals surface area contributed by atoms with Gasteiger partial charge < -0.3 is 24.4 Å². The smallest absolute Gasteiger partial charge is 0.139 e. The Morgan fingerprint density at radius 3 is 2.65 bits per heavy atom. The van der Waals surface area contributed by atoms with Crippen molar-refractivity contribution in [2.24, 2.45) is 5.92 Å². The molecule has 4 aromatic rings. The van der Waals surface area contributed by atoms with Gasteiger partial charge in [-0.15, -0.1) is 0 Å². The van der Waals surface area contributed by atoms with E-state index in [1.807, 2.05) is 29.1 Å². The van der Waals surface area contributed by atoms with Crippen molar-refractivity contribution in [3.8, 4) is 11.6 Å². The fourth-order valence-electron chi connectivity index (χ4n) is 5.66. The van der Waals surface area contributed by atoms with Gasteiger partial charge in [0, 0.05) is 57.0 Å². The summed E-state index contributed by atoms with van der Waals surface area (Å²) >= 11 is 0. The van der Waals surface area contributed by atoms with Gasteiger partial charge in [-0.25, -0.2) is 9.97 Å². The molecule has 2 aromatic heterocycles. The molecule has 2 aliphatic heterocycles. The van der Waals surface area contributed by atoms with Crippen LogP contribution in [0.15, 0.2) is 54.9 Å². The van der Waals surface area contributed by atoms with Gasteiger partial charge in [0.25, 0.3) is 0 Å². The Labute approximate surface area is 217 Å². The van der Waals surface area contributed by atoms with Crippen LogP contribution in [0.25, 0.3) is 27.8 Å². The Bertz CT molecular complexity index is 1360. The van der Waals surface area contributed by atoms with Crippen LogP contribution in [0.1, 0.15) is 19.3 Å². The van der Waals surface area contributed by atoms with Crippen molar-refractivity contribution in [1.82, 2.24) is 19.4 Å². The van der Waals surface area contributed by atoms with Crippen molar-refractivity contribution in [1.29, 1.82) is 0 Å². The average Bonchev–Trinajstić information content (AvgIpc) is 3.54. The van der Waals surface area contributed by atoms with Crippen LogP contribution in [0.4, 0.5) is 5.69 Å². The predicted molar refractivity (Wildman–Crippen MR) is 146 cm³/mol. The number of nitrogens with zero attached hydrogens (tertiary/aromatic N) is 5. The second-order valence-electron chi connectivity index (χ2n) is 10.3. The Balaban J connectivity index is 1.13. The quantitative estimate of drug-likeness (QED) is 0.367. The lowest BCUT2D eigenvalue weighted by atomic mass is 9.95. The van der Waals surface area contributed by atoms with Crippen molar-refractivity contribution >= 4 is 27.6 Å². The van der Waals surface area contributed by atoms with Gasteiger partial charge in [-0.3, -0.25) is 4.57 Å². The van der Waals surface area contributed by atoms with Gasteiger partial charge in [0.2, 0.25) is 0 Å². The molecule has 2 saturated heterocycles. The molecule has 2 aromatic carbocycles. The highest BCUT2D eigenvalue weighted by Crippen LogP contribution is 2.29. The second-order valence-corrected chi connectivity index (χ2v) is 10.3. The monoisotopic (exact) mass is 501 g/mol. The molecule has 0 radical (unpaired) electrons. The third-order valence-corrected chi connectivity index (χ3v) is 7.72. The zero-order chi connectivity index (χ0) is 25.2. The summed E-state index contributed by atoms with van der Waals surface area (Å²) in [6, 6.07) is 16.7. The standard InChI is InChI=1S/C29H35N5O3/c1-36-14-15-37-25-4-6-28-27(17-25)30-20-34(28)29-7-2-22-16-23(3-5-26(22)31-29)33-12-8-21(9-13-33)18-32-11-10-24(35)19-32/h2-7,16-17,20-21,24,35H,8-15,18-19H2,1H3. The number of hydrogen-bond acceptors (Lipinski definition) is 7. The van der Waals surface area contributed by atoms with E-state index >= 15 is 0 Å². The number of aromatic nitrogens is 3. The van der Waals surface area contributed by atoms with Crippen LogP contribution in [-0.2, 0) is 4.74 Å². The van der Waals surface area contributed by atoms with E-state index in [0.717, 1.165) is 78.6 Å². The number of β-amino-alcohol motifs (C(OH)–C–C–N with tert-alkyl or cyclic N) is 1. The van der Waals surface area contributed by atoms with E-state index in [9.17, 15) is 5.11 Å².